The van der Waals surface area contributed by atoms with Gasteiger partial charge in [0.05, 0.1) is 11.8 Å². The Balaban J connectivity index is 1.41. The summed E-state index contributed by atoms with van der Waals surface area (Å²) in [6.45, 7) is 3.27. The molecule has 1 atom stereocenters. The minimum absolute atomic E-state index is 0.165. The third-order valence-electron chi connectivity index (χ3n) is 4.66. The number of amides is 1. The number of ether oxygens (including phenoxy) is 2. The molecule has 1 unspecified atom stereocenters. The van der Waals surface area contributed by atoms with Gasteiger partial charge in [0, 0.05) is 17.9 Å². The number of rotatable bonds is 6. The molecule has 1 N–H and O–H groups in total. The lowest BCUT2D eigenvalue weighted by Crippen LogP contribution is -2.16. The normalized spacial score (nSPS) is 16.1. The Hall–Kier alpha value is -3.26. The van der Waals surface area contributed by atoms with Crippen LogP contribution in [0.4, 0.5) is 5.69 Å². The molecule has 1 aromatic heterocycles. The SMILES string of the molecule is Cc1ccc(-n2cnnn2)cc1NC(=O)c1ccc(OCC2CCCO2)cc1. The van der Waals surface area contributed by atoms with Gasteiger partial charge in [-0.05, 0) is 72.2 Å². The van der Waals surface area contributed by atoms with Crippen LogP contribution >= 0.6 is 0 Å². The van der Waals surface area contributed by atoms with Gasteiger partial charge < -0.3 is 14.8 Å². The first-order valence-electron chi connectivity index (χ1n) is 9.19. The van der Waals surface area contributed by atoms with Crippen molar-refractivity contribution in [3.63, 3.8) is 0 Å². The molecule has 2 aromatic carbocycles. The number of carbonyl (C=O) groups is 1. The summed E-state index contributed by atoms with van der Waals surface area (Å²) in [6.07, 6.45) is 3.79. The van der Waals surface area contributed by atoms with Crippen molar-refractivity contribution in [2.24, 2.45) is 0 Å². The lowest BCUT2D eigenvalue weighted by atomic mass is 10.1. The van der Waals surface area contributed by atoms with Crippen LogP contribution in [0, 0.1) is 6.92 Å². The summed E-state index contributed by atoms with van der Waals surface area (Å²) in [5, 5.41) is 14.1. The molecule has 8 heteroatoms. The molecule has 1 aliphatic rings. The highest BCUT2D eigenvalue weighted by Gasteiger charge is 2.16. The van der Waals surface area contributed by atoms with E-state index in [4.69, 9.17) is 9.47 Å². The second kappa shape index (κ2) is 8.18. The summed E-state index contributed by atoms with van der Waals surface area (Å²) in [7, 11) is 0. The number of aromatic nitrogens is 4. The Kier molecular flexibility index (Phi) is 5.29. The zero-order valence-corrected chi connectivity index (χ0v) is 15.5. The van der Waals surface area contributed by atoms with Gasteiger partial charge in [-0.15, -0.1) is 5.10 Å². The van der Waals surface area contributed by atoms with Gasteiger partial charge in [-0.1, -0.05) is 6.07 Å². The van der Waals surface area contributed by atoms with Gasteiger partial charge in [-0.3, -0.25) is 4.79 Å². The number of aryl methyl sites for hydroxylation is 1. The number of hydrogen-bond donors (Lipinski definition) is 1. The standard InChI is InChI=1S/C20H21N5O3/c1-14-4-7-16(25-13-21-23-24-25)11-19(14)22-20(26)15-5-8-17(9-6-15)28-12-18-3-2-10-27-18/h4-9,11,13,18H,2-3,10,12H2,1H3,(H,22,26). The minimum atomic E-state index is -0.192. The van der Waals surface area contributed by atoms with Crippen LogP contribution in [0.15, 0.2) is 48.8 Å². The number of nitrogens with one attached hydrogen (secondary N) is 1. The average Bonchev–Trinajstić information content (AvgIpc) is 3.42. The maximum absolute atomic E-state index is 12.6. The van der Waals surface area contributed by atoms with Crippen LogP contribution in [0.5, 0.6) is 5.75 Å². The van der Waals surface area contributed by atoms with Gasteiger partial charge in [0.1, 0.15) is 18.7 Å². The molecule has 0 aliphatic carbocycles. The van der Waals surface area contributed by atoms with E-state index in [2.05, 4.69) is 20.8 Å². The van der Waals surface area contributed by atoms with Gasteiger partial charge >= 0.3 is 0 Å². The number of hydrogen-bond acceptors (Lipinski definition) is 6. The molecule has 1 fully saturated rings. The molecule has 1 aliphatic heterocycles. The van der Waals surface area contributed by atoms with Crippen molar-refractivity contribution in [1.29, 1.82) is 0 Å². The van der Waals surface area contributed by atoms with Crippen molar-refractivity contribution in [1.82, 2.24) is 20.2 Å². The van der Waals surface area contributed by atoms with Crippen molar-refractivity contribution < 1.29 is 14.3 Å². The molecular weight excluding hydrogens is 358 g/mol. The highest BCUT2D eigenvalue weighted by molar-refractivity contribution is 6.04. The number of carbonyl (C=O) groups excluding carboxylic acids is 1. The van der Waals surface area contributed by atoms with E-state index in [-0.39, 0.29) is 12.0 Å². The monoisotopic (exact) mass is 379 g/mol. The van der Waals surface area contributed by atoms with Crippen LogP contribution in [0.2, 0.25) is 0 Å². The van der Waals surface area contributed by atoms with Gasteiger partial charge in [0.15, 0.2) is 0 Å². The van der Waals surface area contributed by atoms with E-state index in [9.17, 15) is 4.79 Å². The Bertz CT molecular complexity index is 935. The topological polar surface area (TPSA) is 91.2 Å². The molecule has 0 spiro atoms. The Labute approximate surface area is 162 Å². The minimum Gasteiger partial charge on any atom is -0.491 e. The summed E-state index contributed by atoms with van der Waals surface area (Å²) in [4.78, 5) is 12.6. The Morgan fingerprint density at radius 3 is 2.86 bits per heavy atom. The molecule has 3 aromatic rings. The summed E-state index contributed by atoms with van der Waals surface area (Å²) >= 11 is 0. The fourth-order valence-electron chi connectivity index (χ4n) is 3.03. The highest BCUT2D eigenvalue weighted by atomic mass is 16.5. The quantitative estimate of drug-likeness (QED) is 0.708. The van der Waals surface area contributed by atoms with Crippen molar-refractivity contribution in [3.8, 4) is 11.4 Å². The van der Waals surface area contributed by atoms with Gasteiger partial charge in [-0.25, -0.2) is 4.68 Å². The maximum Gasteiger partial charge on any atom is 0.255 e. The molecule has 1 amide bonds. The Morgan fingerprint density at radius 1 is 1.29 bits per heavy atom. The van der Waals surface area contributed by atoms with Gasteiger partial charge in [0.25, 0.3) is 5.91 Å². The number of nitrogens with zero attached hydrogens (tertiary/aromatic N) is 4. The third kappa shape index (κ3) is 4.17. The zero-order valence-electron chi connectivity index (χ0n) is 15.5. The van der Waals surface area contributed by atoms with E-state index in [0.717, 1.165) is 36.4 Å². The van der Waals surface area contributed by atoms with Crippen molar-refractivity contribution in [3.05, 3.63) is 59.9 Å². The first-order valence-corrected chi connectivity index (χ1v) is 9.19. The van der Waals surface area contributed by atoms with Crippen LogP contribution in [0.3, 0.4) is 0 Å². The average molecular weight is 379 g/mol. The second-order valence-electron chi connectivity index (χ2n) is 6.68. The lowest BCUT2D eigenvalue weighted by Gasteiger charge is -2.12. The zero-order chi connectivity index (χ0) is 19.3. The van der Waals surface area contributed by atoms with E-state index in [1.807, 2.05) is 25.1 Å². The van der Waals surface area contributed by atoms with Crippen LogP contribution in [-0.2, 0) is 4.74 Å². The van der Waals surface area contributed by atoms with E-state index < -0.39 is 0 Å². The number of anilines is 1. The van der Waals surface area contributed by atoms with Crippen LogP contribution in [0.25, 0.3) is 5.69 Å². The number of benzene rings is 2. The van der Waals surface area contributed by atoms with Gasteiger partial charge in [0.2, 0.25) is 0 Å². The second-order valence-corrected chi connectivity index (χ2v) is 6.68. The molecule has 4 rings (SSSR count). The first kappa shape index (κ1) is 18.1. The Morgan fingerprint density at radius 2 is 2.14 bits per heavy atom. The summed E-state index contributed by atoms with van der Waals surface area (Å²) < 4.78 is 12.8. The molecular formula is C20H21N5O3. The van der Waals surface area contributed by atoms with E-state index >= 15 is 0 Å². The van der Waals surface area contributed by atoms with Crippen LogP contribution in [0.1, 0.15) is 28.8 Å². The molecule has 0 bridgehead atoms. The predicted octanol–water partition coefficient (Wildman–Crippen LogP) is 2.78. The maximum atomic E-state index is 12.6. The highest BCUT2D eigenvalue weighted by Crippen LogP contribution is 2.21. The fourth-order valence-corrected chi connectivity index (χ4v) is 3.03. The van der Waals surface area contributed by atoms with Gasteiger partial charge in [-0.2, -0.15) is 0 Å². The smallest absolute Gasteiger partial charge is 0.255 e. The van der Waals surface area contributed by atoms with Crippen molar-refractivity contribution in [2.45, 2.75) is 25.9 Å². The molecule has 8 nitrogen and oxygen atoms in total. The summed E-state index contributed by atoms with van der Waals surface area (Å²) in [6, 6.07) is 12.7. The number of tetrazole rings is 1. The van der Waals surface area contributed by atoms with Crippen molar-refractivity contribution in [2.75, 3.05) is 18.5 Å². The summed E-state index contributed by atoms with van der Waals surface area (Å²) in [5.41, 5.74) is 2.97. The fraction of sp³-hybridized carbons (Fsp3) is 0.300. The van der Waals surface area contributed by atoms with Crippen molar-refractivity contribution >= 4 is 11.6 Å². The molecule has 0 saturated carbocycles. The molecule has 2 heterocycles. The third-order valence-corrected chi connectivity index (χ3v) is 4.66. The predicted molar refractivity (Wildman–Crippen MR) is 103 cm³/mol. The van der Waals surface area contributed by atoms with E-state index in [1.54, 1.807) is 24.3 Å². The lowest BCUT2D eigenvalue weighted by molar-refractivity contribution is 0.0679. The first-order chi connectivity index (χ1) is 13.7. The molecule has 28 heavy (non-hydrogen) atoms. The molecule has 144 valence electrons. The van der Waals surface area contributed by atoms with E-state index in [0.29, 0.717) is 17.9 Å². The van der Waals surface area contributed by atoms with E-state index in [1.165, 1.54) is 11.0 Å². The molecule has 0 radical (unpaired) electrons. The molecule has 1 saturated heterocycles. The van der Waals surface area contributed by atoms with Crippen LogP contribution in [-0.4, -0.2) is 45.4 Å². The largest absolute Gasteiger partial charge is 0.491 e. The van der Waals surface area contributed by atoms with Crippen LogP contribution < -0.4 is 10.1 Å². The summed E-state index contributed by atoms with van der Waals surface area (Å²) in [5.74, 6) is 0.534.